The van der Waals surface area contributed by atoms with Crippen LogP contribution in [-0.4, -0.2) is 39.0 Å². The predicted octanol–water partition coefficient (Wildman–Crippen LogP) is 1.22. The molecule has 5 nitrogen and oxygen atoms in total. The van der Waals surface area contributed by atoms with Gasteiger partial charge in [-0.1, -0.05) is 0 Å². The molecule has 0 atom stereocenters. The van der Waals surface area contributed by atoms with Crippen LogP contribution in [0.2, 0.25) is 0 Å². The molecule has 0 saturated carbocycles. The maximum absolute atomic E-state index is 14.2. The first-order chi connectivity index (χ1) is 9.89. The van der Waals surface area contributed by atoms with Crippen molar-refractivity contribution >= 4 is 10.0 Å². The Kier molecular flexibility index (Phi) is 4.92. The molecule has 21 heavy (non-hydrogen) atoms. The average Bonchev–Trinajstić information content (AvgIpc) is 2.47. The van der Waals surface area contributed by atoms with Crippen LogP contribution < -0.4 is 5.73 Å². The molecule has 0 radical (unpaired) electrons. The number of sulfonamides is 1. The van der Waals surface area contributed by atoms with Gasteiger partial charge < -0.3 is 10.5 Å². The van der Waals surface area contributed by atoms with Gasteiger partial charge in [-0.3, -0.25) is 0 Å². The Bertz CT molecular complexity index is 616. The molecular formula is C13H18F2N2O3S. The van der Waals surface area contributed by atoms with Crippen molar-refractivity contribution in [3.05, 3.63) is 29.3 Å². The summed E-state index contributed by atoms with van der Waals surface area (Å²) in [5.41, 5.74) is 4.86. The zero-order chi connectivity index (χ0) is 15.6. The SMILES string of the molecule is CN(C1CCOCC1)S(=O)(=O)c1ccc(F)c(CN)c1F. The highest BCUT2D eigenvalue weighted by molar-refractivity contribution is 7.89. The Labute approximate surface area is 122 Å². The van der Waals surface area contributed by atoms with Crippen LogP contribution in [0.3, 0.4) is 0 Å². The monoisotopic (exact) mass is 320 g/mol. The lowest BCUT2D eigenvalue weighted by atomic mass is 10.1. The maximum Gasteiger partial charge on any atom is 0.246 e. The van der Waals surface area contributed by atoms with Gasteiger partial charge in [-0.05, 0) is 25.0 Å². The van der Waals surface area contributed by atoms with E-state index in [0.29, 0.717) is 26.1 Å². The van der Waals surface area contributed by atoms with Crippen molar-refractivity contribution in [1.29, 1.82) is 0 Å². The van der Waals surface area contributed by atoms with E-state index >= 15 is 0 Å². The molecule has 1 aliphatic heterocycles. The zero-order valence-electron chi connectivity index (χ0n) is 11.7. The largest absolute Gasteiger partial charge is 0.381 e. The molecule has 1 fully saturated rings. The average molecular weight is 320 g/mol. The van der Waals surface area contributed by atoms with Crippen LogP contribution in [0, 0.1) is 11.6 Å². The molecule has 1 aliphatic rings. The number of nitrogens with zero attached hydrogens (tertiary/aromatic N) is 1. The van der Waals surface area contributed by atoms with Gasteiger partial charge in [0.2, 0.25) is 10.0 Å². The fraction of sp³-hybridized carbons (Fsp3) is 0.538. The van der Waals surface area contributed by atoms with E-state index in [1.807, 2.05) is 0 Å². The Morgan fingerprint density at radius 1 is 1.33 bits per heavy atom. The molecule has 2 N–H and O–H groups in total. The number of ether oxygens (including phenoxy) is 1. The smallest absolute Gasteiger partial charge is 0.246 e. The molecular weight excluding hydrogens is 302 g/mol. The topological polar surface area (TPSA) is 72.6 Å². The summed E-state index contributed by atoms with van der Waals surface area (Å²) in [5, 5.41) is 0. The highest BCUT2D eigenvalue weighted by Gasteiger charge is 2.32. The molecule has 0 spiro atoms. The Morgan fingerprint density at radius 3 is 2.52 bits per heavy atom. The van der Waals surface area contributed by atoms with Gasteiger partial charge in [0.1, 0.15) is 10.7 Å². The summed E-state index contributed by atoms with van der Waals surface area (Å²) < 4.78 is 59.0. The van der Waals surface area contributed by atoms with Crippen molar-refractivity contribution in [3.8, 4) is 0 Å². The first kappa shape index (κ1) is 16.3. The van der Waals surface area contributed by atoms with Crippen molar-refractivity contribution < 1.29 is 21.9 Å². The second-order valence-corrected chi connectivity index (χ2v) is 6.87. The molecule has 2 rings (SSSR count). The third kappa shape index (κ3) is 3.08. The van der Waals surface area contributed by atoms with Gasteiger partial charge in [-0.25, -0.2) is 17.2 Å². The summed E-state index contributed by atoms with van der Waals surface area (Å²) in [6.07, 6.45) is 1.09. The minimum atomic E-state index is -4.04. The molecule has 1 aromatic carbocycles. The highest BCUT2D eigenvalue weighted by Crippen LogP contribution is 2.26. The van der Waals surface area contributed by atoms with Crippen LogP contribution in [0.1, 0.15) is 18.4 Å². The van der Waals surface area contributed by atoms with Crippen LogP contribution in [0.4, 0.5) is 8.78 Å². The van der Waals surface area contributed by atoms with Gasteiger partial charge in [-0.15, -0.1) is 0 Å². The third-order valence-corrected chi connectivity index (χ3v) is 5.64. The van der Waals surface area contributed by atoms with E-state index in [1.54, 1.807) is 0 Å². The molecule has 1 aromatic rings. The van der Waals surface area contributed by atoms with E-state index in [-0.39, 0.29) is 6.04 Å². The number of nitrogens with two attached hydrogens (primary N) is 1. The highest BCUT2D eigenvalue weighted by atomic mass is 32.2. The maximum atomic E-state index is 14.2. The summed E-state index contributed by atoms with van der Waals surface area (Å²) in [6, 6.07) is 1.61. The van der Waals surface area contributed by atoms with Crippen LogP contribution in [0.25, 0.3) is 0 Å². The lowest BCUT2D eigenvalue weighted by Crippen LogP contribution is -2.41. The number of rotatable bonds is 4. The van der Waals surface area contributed by atoms with Crippen molar-refractivity contribution in [3.63, 3.8) is 0 Å². The van der Waals surface area contributed by atoms with Gasteiger partial charge in [0.05, 0.1) is 0 Å². The summed E-state index contributed by atoms with van der Waals surface area (Å²) in [4.78, 5) is -0.543. The first-order valence-corrected chi connectivity index (χ1v) is 8.06. The van der Waals surface area contributed by atoms with E-state index < -0.39 is 38.7 Å². The van der Waals surface area contributed by atoms with Crippen molar-refractivity contribution in [2.24, 2.45) is 5.73 Å². The molecule has 0 aromatic heterocycles. The predicted molar refractivity (Wildman–Crippen MR) is 73.0 cm³/mol. The molecule has 8 heteroatoms. The van der Waals surface area contributed by atoms with Gasteiger partial charge in [-0.2, -0.15) is 4.31 Å². The van der Waals surface area contributed by atoms with E-state index in [4.69, 9.17) is 10.5 Å². The van der Waals surface area contributed by atoms with Crippen molar-refractivity contribution in [1.82, 2.24) is 4.31 Å². The van der Waals surface area contributed by atoms with Gasteiger partial charge in [0.25, 0.3) is 0 Å². The van der Waals surface area contributed by atoms with Crippen molar-refractivity contribution in [2.75, 3.05) is 20.3 Å². The van der Waals surface area contributed by atoms with E-state index in [1.165, 1.54) is 7.05 Å². The molecule has 0 aliphatic carbocycles. The van der Waals surface area contributed by atoms with Gasteiger partial charge in [0, 0.05) is 38.4 Å². The van der Waals surface area contributed by atoms with E-state index in [2.05, 4.69) is 0 Å². The second-order valence-electron chi connectivity index (χ2n) is 4.91. The summed E-state index contributed by atoms with van der Waals surface area (Å²) in [7, 11) is -2.64. The van der Waals surface area contributed by atoms with Crippen LogP contribution >= 0.6 is 0 Å². The normalized spacial score (nSPS) is 17.4. The van der Waals surface area contributed by atoms with E-state index in [9.17, 15) is 17.2 Å². The van der Waals surface area contributed by atoms with Crippen molar-refractivity contribution in [2.45, 2.75) is 30.3 Å². The van der Waals surface area contributed by atoms with Gasteiger partial charge in [0.15, 0.2) is 5.82 Å². The summed E-state index contributed by atoms with van der Waals surface area (Å²) >= 11 is 0. The molecule has 0 bridgehead atoms. The van der Waals surface area contributed by atoms with Crippen LogP contribution in [0.15, 0.2) is 17.0 Å². The quantitative estimate of drug-likeness (QED) is 0.905. The van der Waals surface area contributed by atoms with E-state index in [0.717, 1.165) is 16.4 Å². The minimum absolute atomic E-state index is 0.255. The Morgan fingerprint density at radius 2 is 1.95 bits per heavy atom. The zero-order valence-corrected chi connectivity index (χ0v) is 12.5. The first-order valence-electron chi connectivity index (χ1n) is 6.62. The Hall–Kier alpha value is -1.09. The summed E-state index contributed by atoms with van der Waals surface area (Å²) in [5.74, 6) is -1.96. The third-order valence-electron chi connectivity index (χ3n) is 3.72. The number of hydrogen-bond acceptors (Lipinski definition) is 4. The molecule has 118 valence electrons. The van der Waals surface area contributed by atoms with Crippen LogP contribution in [-0.2, 0) is 21.3 Å². The lowest BCUT2D eigenvalue weighted by Gasteiger charge is -2.30. The second kappa shape index (κ2) is 6.35. The number of benzene rings is 1. The van der Waals surface area contributed by atoms with Gasteiger partial charge >= 0.3 is 0 Å². The fourth-order valence-corrected chi connectivity index (χ4v) is 3.87. The Balaban J connectivity index is 2.39. The number of halogens is 2. The molecule has 0 unspecified atom stereocenters. The van der Waals surface area contributed by atoms with Crippen LogP contribution in [0.5, 0.6) is 0 Å². The minimum Gasteiger partial charge on any atom is -0.381 e. The molecule has 1 saturated heterocycles. The number of hydrogen-bond donors (Lipinski definition) is 1. The fourth-order valence-electron chi connectivity index (χ4n) is 2.36. The molecule has 0 amide bonds. The summed E-state index contributed by atoms with van der Waals surface area (Å²) in [6.45, 7) is 0.525. The lowest BCUT2D eigenvalue weighted by molar-refractivity contribution is 0.0631. The standard InChI is InChI=1S/C13H18F2N2O3S/c1-17(9-4-6-20-7-5-9)21(18,19)12-3-2-11(14)10(8-16)13(12)15/h2-3,9H,4-8,16H2,1H3. The molecule has 1 heterocycles.